The van der Waals surface area contributed by atoms with Gasteiger partial charge >= 0.3 is 0 Å². The molecule has 0 radical (unpaired) electrons. The summed E-state index contributed by atoms with van der Waals surface area (Å²) >= 11 is 5.92. The van der Waals surface area contributed by atoms with E-state index in [1.807, 2.05) is 0 Å². The molecule has 0 spiro atoms. The molecule has 112 valence electrons. The number of rotatable bonds is 8. The molecule has 0 unspecified atom stereocenters. The van der Waals surface area contributed by atoms with Gasteiger partial charge in [-0.2, -0.15) is 5.26 Å². The number of carbonyl (C=O) groups is 1. The molecule has 0 saturated carbocycles. The Labute approximate surface area is 128 Å². The monoisotopic (exact) mass is 309 g/mol. The molecule has 7 heteroatoms. The van der Waals surface area contributed by atoms with Crippen LogP contribution in [0.15, 0.2) is 36.0 Å². The number of hydrogen-bond donors (Lipinski definition) is 3. The molecule has 0 fully saturated rings. The van der Waals surface area contributed by atoms with Gasteiger partial charge in [0.05, 0.1) is 30.5 Å². The number of nitrogens with zero attached hydrogens (tertiary/aromatic N) is 1. The van der Waals surface area contributed by atoms with E-state index < -0.39 is 5.91 Å². The first kappa shape index (κ1) is 17.0. The number of ether oxygens (including phenoxy) is 1. The van der Waals surface area contributed by atoms with Gasteiger partial charge in [-0.25, -0.2) is 0 Å². The maximum Gasteiger partial charge on any atom is 0.267 e. The van der Waals surface area contributed by atoms with Crippen LogP contribution < -0.4 is 10.6 Å². The quantitative estimate of drug-likeness (QED) is 0.382. The number of aliphatic hydroxyl groups is 1. The zero-order chi connectivity index (χ0) is 15.5. The van der Waals surface area contributed by atoms with Crippen LogP contribution >= 0.6 is 11.6 Å². The Balaban J connectivity index is 2.50. The molecular formula is C14H16ClN3O3. The number of halogens is 1. The molecule has 0 aromatic heterocycles. The lowest BCUT2D eigenvalue weighted by molar-refractivity contribution is -0.112. The van der Waals surface area contributed by atoms with Crippen LogP contribution in [0.3, 0.4) is 0 Å². The number of nitrogens with one attached hydrogen (secondary N) is 2. The third-order valence-corrected chi connectivity index (χ3v) is 2.69. The van der Waals surface area contributed by atoms with Crippen LogP contribution in [0, 0.1) is 11.3 Å². The molecule has 0 saturated heterocycles. The first-order valence-corrected chi connectivity index (χ1v) is 6.65. The average Bonchev–Trinajstić information content (AvgIpc) is 2.49. The minimum atomic E-state index is -0.547. The van der Waals surface area contributed by atoms with Crippen LogP contribution in [0.25, 0.3) is 0 Å². The predicted octanol–water partition coefficient (Wildman–Crippen LogP) is 1.28. The van der Waals surface area contributed by atoms with E-state index in [2.05, 4.69) is 10.6 Å². The van der Waals surface area contributed by atoms with Crippen molar-refractivity contribution >= 4 is 23.2 Å². The zero-order valence-electron chi connectivity index (χ0n) is 11.3. The fourth-order valence-corrected chi connectivity index (χ4v) is 1.56. The van der Waals surface area contributed by atoms with Crippen molar-refractivity contribution in [3.8, 4) is 6.07 Å². The van der Waals surface area contributed by atoms with Crippen molar-refractivity contribution in [2.75, 3.05) is 31.7 Å². The number of amides is 1. The van der Waals surface area contributed by atoms with Crippen molar-refractivity contribution in [1.82, 2.24) is 5.32 Å². The van der Waals surface area contributed by atoms with Gasteiger partial charge < -0.3 is 20.5 Å². The molecule has 6 nitrogen and oxygen atoms in total. The fraction of sp³-hybridized carbons (Fsp3) is 0.286. The highest BCUT2D eigenvalue weighted by Crippen LogP contribution is 2.20. The SMILES string of the molecule is N#C/C(=C/NCCOCCO)C(=O)Nc1ccccc1Cl. The smallest absolute Gasteiger partial charge is 0.267 e. The molecule has 0 heterocycles. The second-order valence-electron chi connectivity index (χ2n) is 3.89. The summed E-state index contributed by atoms with van der Waals surface area (Å²) in [4.78, 5) is 11.9. The van der Waals surface area contributed by atoms with Gasteiger partial charge in [-0.3, -0.25) is 4.79 Å². The highest BCUT2D eigenvalue weighted by Gasteiger charge is 2.10. The van der Waals surface area contributed by atoms with E-state index in [0.717, 1.165) is 0 Å². The maximum absolute atomic E-state index is 11.9. The van der Waals surface area contributed by atoms with Gasteiger partial charge in [0.2, 0.25) is 0 Å². The first-order valence-electron chi connectivity index (χ1n) is 6.27. The Kier molecular flexibility index (Phi) is 7.90. The standard InChI is InChI=1S/C14H16ClN3O3/c15-12-3-1-2-4-13(12)18-14(20)11(9-16)10-17-5-7-21-8-6-19/h1-4,10,17,19H,5-8H2,(H,18,20)/b11-10-. The molecule has 0 aliphatic heterocycles. The molecule has 0 aliphatic rings. The van der Waals surface area contributed by atoms with Gasteiger partial charge in [0.1, 0.15) is 11.6 Å². The minimum absolute atomic E-state index is 0.0421. The lowest BCUT2D eigenvalue weighted by atomic mass is 10.2. The van der Waals surface area contributed by atoms with E-state index >= 15 is 0 Å². The summed E-state index contributed by atoms with van der Waals surface area (Å²) in [6.07, 6.45) is 1.31. The molecule has 1 rings (SSSR count). The molecular weight excluding hydrogens is 294 g/mol. The van der Waals surface area contributed by atoms with Crippen LogP contribution in [-0.2, 0) is 9.53 Å². The van der Waals surface area contributed by atoms with E-state index in [4.69, 9.17) is 26.7 Å². The Morgan fingerprint density at radius 1 is 1.43 bits per heavy atom. The third kappa shape index (κ3) is 6.27. The summed E-state index contributed by atoms with van der Waals surface area (Å²) < 4.78 is 5.03. The van der Waals surface area contributed by atoms with Crippen LogP contribution in [0.1, 0.15) is 0 Å². The topological polar surface area (TPSA) is 94.4 Å². The van der Waals surface area contributed by atoms with Crippen LogP contribution in [-0.4, -0.2) is 37.4 Å². The van der Waals surface area contributed by atoms with Crippen molar-refractivity contribution in [3.63, 3.8) is 0 Å². The molecule has 1 aromatic rings. The summed E-state index contributed by atoms with van der Waals surface area (Å²) in [6, 6.07) is 8.57. The highest BCUT2D eigenvalue weighted by molar-refractivity contribution is 6.33. The Bertz CT molecular complexity index is 541. The highest BCUT2D eigenvalue weighted by atomic mass is 35.5. The molecule has 1 amide bonds. The van der Waals surface area contributed by atoms with Gasteiger partial charge in [-0.05, 0) is 12.1 Å². The Hall–Kier alpha value is -2.07. The molecule has 0 atom stereocenters. The van der Waals surface area contributed by atoms with Crippen LogP contribution in [0.5, 0.6) is 0 Å². The molecule has 21 heavy (non-hydrogen) atoms. The molecule has 1 aromatic carbocycles. The van der Waals surface area contributed by atoms with Crippen molar-refractivity contribution in [3.05, 3.63) is 41.1 Å². The molecule has 0 bridgehead atoms. The van der Waals surface area contributed by atoms with E-state index in [0.29, 0.717) is 23.9 Å². The number of hydrogen-bond acceptors (Lipinski definition) is 5. The van der Waals surface area contributed by atoms with Crippen LogP contribution in [0.2, 0.25) is 5.02 Å². The van der Waals surface area contributed by atoms with Gasteiger partial charge in [-0.1, -0.05) is 23.7 Å². The summed E-state index contributed by atoms with van der Waals surface area (Å²) in [5.74, 6) is -0.547. The number of para-hydroxylation sites is 1. The first-order chi connectivity index (χ1) is 10.2. The largest absolute Gasteiger partial charge is 0.394 e. The third-order valence-electron chi connectivity index (χ3n) is 2.36. The summed E-state index contributed by atoms with van der Waals surface area (Å²) in [6.45, 7) is 0.996. The normalized spacial score (nSPS) is 10.8. The van der Waals surface area contributed by atoms with E-state index in [-0.39, 0.29) is 18.8 Å². The number of anilines is 1. The predicted molar refractivity (Wildman–Crippen MR) is 79.7 cm³/mol. The number of benzene rings is 1. The Morgan fingerprint density at radius 3 is 2.86 bits per heavy atom. The van der Waals surface area contributed by atoms with Crippen molar-refractivity contribution in [2.24, 2.45) is 0 Å². The summed E-state index contributed by atoms with van der Waals surface area (Å²) in [5, 5.41) is 23.2. The van der Waals surface area contributed by atoms with Gasteiger partial charge in [0.15, 0.2) is 0 Å². The second-order valence-corrected chi connectivity index (χ2v) is 4.30. The number of nitriles is 1. The van der Waals surface area contributed by atoms with Crippen molar-refractivity contribution in [1.29, 1.82) is 5.26 Å². The second kappa shape index (κ2) is 9.77. The molecule has 3 N–H and O–H groups in total. The van der Waals surface area contributed by atoms with Crippen LogP contribution in [0.4, 0.5) is 5.69 Å². The van der Waals surface area contributed by atoms with Crippen molar-refractivity contribution in [2.45, 2.75) is 0 Å². The fourth-order valence-electron chi connectivity index (χ4n) is 1.37. The Morgan fingerprint density at radius 2 is 2.19 bits per heavy atom. The average molecular weight is 310 g/mol. The van der Waals surface area contributed by atoms with Gasteiger partial charge in [-0.15, -0.1) is 0 Å². The zero-order valence-corrected chi connectivity index (χ0v) is 12.1. The van der Waals surface area contributed by atoms with Gasteiger partial charge in [0.25, 0.3) is 5.91 Å². The number of carbonyl (C=O) groups excluding carboxylic acids is 1. The van der Waals surface area contributed by atoms with Gasteiger partial charge in [0, 0.05) is 12.7 Å². The minimum Gasteiger partial charge on any atom is -0.394 e. The maximum atomic E-state index is 11.9. The lowest BCUT2D eigenvalue weighted by Crippen LogP contribution is -2.19. The van der Waals surface area contributed by atoms with Crippen molar-refractivity contribution < 1.29 is 14.6 Å². The number of aliphatic hydroxyl groups excluding tert-OH is 1. The molecule has 0 aliphatic carbocycles. The van der Waals surface area contributed by atoms with E-state index in [1.54, 1.807) is 30.3 Å². The lowest BCUT2D eigenvalue weighted by Gasteiger charge is -2.06. The summed E-state index contributed by atoms with van der Waals surface area (Å²) in [5.41, 5.74) is 0.369. The van der Waals surface area contributed by atoms with E-state index in [9.17, 15) is 4.79 Å². The van der Waals surface area contributed by atoms with E-state index in [1.165, 1.54) is 6.20 Å². The summed E-state index contributed by atoms with van der Waals surface area (Å²) in [7, 11) is 0.